The van der Waals surface area contributed by atoms with Crippen molar-refractivity contribution in [2.24, 2.45) is 7.05 Å². The highest BCUT2D eigenvalue weighted by Crippen LogP contribution is 2.34. The lowest BCUT2D eigenvalue weighted by molar-refractivity contribution is 0.416. The van der Waals surface area contributed by atoms with Crippen molar-refractivity contribution in [3.63, 3.8) is 0 Å². The molecule has 5 heteroatoms. The van der Waals surface area contributed by atoms with Gasteiger partial charge in [-0.25, -0.2) is 14.1 Å². The van der Waals surface area contributed by atoms with E-state index in [2.05, 4.69) is 10.1 Å². The van der Waals surface area contributed by atoms with E-state index in [1.165, 1.54) is 12.4 Å². The first-order chi connectivity index (χ1) is 10.2. The van der Waals surface area contributed by atoms with Crippen molar-refractivity contribution in [3.8, 4) is 28.3 Å². The van der Waals surface area contributed by atoms with E-state index in [4.69, 9.17) is 4.74 Å². The molecule has 0 saturated heterocycles. The number of hydrogen-bond acceptors (Lipinski definition) is 3. The zero-order chi connectivity index (χ0) is 14.8. The molecule has 106 valence electrons. The molecule has 4 nitrogen and oxygen atoms in total. The summed E-state index contributed by atoms with van der Waals surface area (Å²) in [4.78, 5) is 4.20. The van der Waals surface area contributed by atoms with Crippen LogP contribution in [0.2, 0.25) is 0 Å². The van der Waals surface area contributed by atoms with Gasteiger partial charge in [-0.3, -0.25) is 0 Å². The van der Waals surface area contributed by atoms with Gasteiger partial charge >= 0.3 is 0 Å². The number of halogens is 1. The highest BCUT2D eigenvalue weighted by atomic mass is 19.1. The van der Waals surface area contributed by atoms with Crippen LogP contribution in [-0.2, 0) is 7.05 Å². The Bertz CT molecular complexity index is 783. The number of methoxy groups -OCH3 is 1. The summed E-state index contributed by atoms with van der Waals surface area (Å²) in [6, 6.07) is 12.2. The van der Waals surface area contributed by atoms with Crippen molar-refractivity contribution in [2.45, 2.75) is 0 Å². The Morgan fingerprint density at radius 2 is 1.90 bits per heavy atom. The van der Waals surface area contributed by atoms with E-state index in [-0.39, 0.29) is 5.82 Å². The standard InChI is InChI=1S/C16H14FN3O/c1-20-16(18-10-19-20)11-7-8-13(15(9-11)21-2)12-5-3-4-6-14(12)17/h3-10H,1-2H3. The van der Waals surface area contributed by atoms with E-state index < -0.39 is 0 Å². The van der Waals surface area contributed by atoms with Gasteiger partial charge in [0, 0.05) is 23.7 Å². The molecule has 2 aromatic carbocycles. The molecule has 0 N–H and O–H groups in total. The van der Waals surface area contributed by atoms with Crippen LogP contribution in [0.25, 0.3) is 22.5 Å². The molecular formula is C16H14FN3O. The normalized spacial score (nSPS) is 10.6. The van der Waals surface area contributed by atoms with Gasteiger partial charge in [-0.2, -0.15) is 5.10 Å². The van der Waals surface area contributed by atoms with Crippen molar-refractivity contribution in [1.82, 2.24) is 14.8 Å². The first kappa shape index (κ1) is 13.3. The van der Waals surface area contributed by atoms with Crippen molar-refractivity contribution in [1.29, 1.82) is 0 Å². The van der Waals surface area contributed by atoms with Crippen LogP contribution in [0.15, 0.2) is 48.8 Å². The van der Waals surface area contributed by atoms with Crippen LogP contribution in [0.1, 0.15) is 0 Å². The van der Waals surface area contributed by atoms with E-state index in [1.807, 2.05) is 25.2 Å². The molecule has 0 unspecified atom stereocenters. The van der Waals surface area contributed by atoms with Crippen LogP contribution >= 0.6 is 0 Å². The Kier molecular flexibility index (Phi) is 3.39. The monoisotopic (exact) mass is 283 g/mol. The largest absolute Gasteiger partial charge is 0.496 e. The summed E-state index contributed by atoms with van der Waals surface area (Å²) in [5.74, 6) is 1.05. The Labute approximate surface area is 121 Å². The Morgan fingerprint density at radius 1 is 1.10 bits per heavy atom. The summed E-state index contributed by atoms with van der Waals surface area (Å²) in [7, 11) is 3.39. The van der Waals surface area contributed by atoms with Gasteiger partial charge in [0.05, 0.1) is 7.11 Å². The molecule has 21 heavy (non-hydrogen) atoms. The van der Waals surface area contributed by atoms with Gasteiger partial charge in [0.2, 0.25) is 0 Å². The Balaban J connectivity index is 2.13. The number of ether oxygens (including phenoxy) is 1. The lowest BCUT2D eigenvalue weighted by atomic mass is 10.0. The molecule has 0 bridgehead atoms. The summed E-state index contributed by atoms with van der Waals surface area (Å²) in [5, 5.41) is 4.05. The summed E-state index contributed by atoms with van der Waals surface area (Å²) in [6.07, 6.45) is 1.49. The topological polar surface area (TPSA) is 39.9 Å². The van der Waals surface area contributed by atoms with Gasteiger partial charge in [0.1, 0.15) is 17.9 Å². The minimum atomic E-state index is -0.276. The zero-order valence-corrected chi connectivity index (χ0v) is 11.7. The minimum absolute atomic E-state index is 0.276. The molecule has 0 saturated carbocycles. The van der Waals surface area contributed by atoms with Gasteiger partial charge in [-0.15, -0.1) is 0 Å². The van der Waals surface area contributed by atoms with E-state index >= 15 is 0 Å². The average molecular weight is 283 g/mol. The van der Waals surface area contributed by atoms with E-state index in [1.54, 1.807) is 30.0 Å². The Morgan fingerprint density at radius 3 is 2.57 bits per heavy atom. The molecule has 0 aliphatic heterocycles. The number of aryl methyl sites for hydroxylation is 1. The lowest BCUT2D eigenvalue weighted by Gasteiger charge is -2.11. The van der Waals surface area contributed by atoms with E-state index in [0.717, 1.165) is 11.4 Å². The number of aromatic nitrogens is 3. The fraction of sp³-hybridized carbons (Fsp3) is 0.125. The van der Waals surface area contributed by atoms with Crippen molar-refractivity contribution in [2.75, 3.05) is 7.11 Å². The number of nitrogens with zero attached hydrogens (tertiary/aromatic N) is 3. The van der Waals surface area contributed by atoms with Crippen LogP contribution in [0.5, 0.6) is 5.75 Å². The SMILES string of the molecule is COc1cc(-c2ncnn2C)ccc1-c1ccccc1F. The highest BCUT2D eigenvalue weighted by Gasteiger charge is 2.13. The molecule has 0 amide bonds. The van der Waals surface area contributed by atoms with Crippen molar-refractivity contribution in [3.05, 3.63) is 54.6 Å². The first-order valence-corrected chi connectivity index (χ1v) is 6.48. The maximum Gasteiger partial charge on any atom is 0.157 e. The molecule has 0 fully saturated rings. The smallest absolute Gasteiger partial charge is 0.157 e. The van der Waals surface area contributed by atoms with Gasteiger partial charge in [0.25, 0.3) is 0 Å². The van der Waals surface area contributed by atoms with Crippen LogP contribution in [-0.4, -0.2) is 21.9 Å². The second-order valence-corrected chi connectivity index (χ2v) is 4.60. The maximum absolute atomic E-state index is 13.9. The Hall–Kier alpha value is -2.69. The third kappa shape index (κ3) is 2.38. The molecule has 0 radical (unpaired) electrons. The minimum Gasteiger partial charge on any atom is -0.496 e. The number of benzene rings is 2. The molecule has 0 aliphatic carbocycles. The number of hydrogen-bond donors (Lipinski definition) is 0. The van der Waals surface area contributed by atoms with Gasteiger partial charge in [-0.05, 0) is 18.2 Å². The molecule has 0 aliphatic rings. The van der Waals surface area contributed by atoms with Crippen LogP contribution in [0, 0.1) is 5.82 Å². The first-order valence-electron chi connectivity index (χ1n) is 6.48. The van der Waals surface area contributed by atoms with Gasteiger partial charge in [0.15, 0.2) is 5.82 Å². The van der Waals surface area contributed by atoms with Crippen LogP contribution < -0.4 is 4.74 Å². The quantitative estimate of drug-likeness (QED) is 0.740. The predicted octanol–water partition coefficient (Wildman–Crippen LogP) is 3.30. The third-order valence-corrected chi connectivity index (χ3v) is 3.34. The molecule has 1 aromatic heterocycles. The third-order valence-electron chi connectivity index (χ3n) is 3.34. The molecule has 0 spiro atoms. The fourth-order valence-electron chi connectivity index (χ4n) is 2.29. The van der Waals surface area contributed by atoms with E-state index in [9.17, 15) is 4.39 Å². The summed E-state index contributed by atoms with van der Waals surface area (Å²) < 4.78 is 21.0. The maximum atomic E-state index is 13.9. The van der Waals surface area contributed by atoms with Crippen molar-refractivity contribution < 1.29 is 9.13 Å². The zero-order valence-electron chi connectivity index (χ0n) is 11.7. The van der Waals surface area contributed by atoms with Gasteiger partial charge in [-0.1, -0.05) is 24.3 Å². The highest BCUT2D eigenvalue weighted by molar-refractivity contribution is 5.75. The molecule has 3 rings (SSSR count). The van der Waals surface area contributed by atoms with Crippen molar-refractivity contribution >= 4 is 0 Å². The lowest BCUT2D eigenvalue weighted by Crippen LogP contribution is -1.96. The molecular weight excluding hydrogens is 269 g/mol. The second kappa shape index (κ2) is 5.36. The summed E-state index contributed by atoms with van der Waals surface area (Å²) in [5.41, 5.74) is 2.09. The number of rotatable bonds is 3. The summed E-state index contributed by atoms with van der Waals surface area (Å²) in [6.45, 7) is 0. The van der Waals surface area contributed by atoms with Crippen LogP contribution in [0.4, 0.5) is 4.39 Å². The van der Waals surface area contributed by atoms with Gasteiger partial charge < -0.3 is 4.74 Å². The average Bonchev–Trinajstić information content (AvgIpc) is 2.93. The molecule has 3 aromatic rings. The van der Waals surface area contributed by atoms with Crippen LogP contribution in [0.3, 0.4) is 0 Å². The summed E-state index contributed by atoms with van der Waals surface area (Å²) >= 11 is 0. The van der Waals surface area contributed by atoms with E-state index in [0.29, 0.717) is 16.9 Å². The molecule has 0 atom stereocenters. The molecule has 1 heterocycles. The fourth-order valence-corrected chi connectivity index (χ4v) is 2.29. The predicted molar refractivity (Wildman–Crippen MR) is 78.4 cm³/mol. The second-order valence-electron chi connectivity index (χ2n) is 4.60.